The number of nitrogens with one attached hydrogen (secondary N) is 1. The Bertz CT molecular complexity index is 318. The van der Waals surface area contributed by atoms with Gasteiger partial charge in [0.05, 0.1) is 0 Å². The summed E-state index contributed by atoms with van der Waals surface area (Å²) < 4.78 is 0. The number of hydrogen-bond acceptors (Lipinski definition) is 5. The van der Waals surface area contributed by atoms with Crippen molar-refractivity contribution in [2.75, 3.05) is 25.0 Å². The van der Waals surface area contributed by atoms with Gasteiger partial charge in [-0.15, -0.1) is 10.2 Å². The summed E-state index contributed by atoms with van der Waals surface area (Å²) in [5.74, 6) is 0. The number of likely N-dealkylation sites (tertiary alicyclic amines) is 1. The lowest BCUT2D eigenvalue weighted by molar-refractivity contribution is 0.219. The third-order valence-corrected chi connectivity index (χ3v) is 3.75. The maximum atomic E-state index is 4.11. The van der Waals surface area contributed by atoms with Crippen LogP contribution in [-0.4, -0.2) is 40.8 Å². The zero-order chi connectivity index (χ0) is 11.4. The minimum absolute atomic E-state index is 0.584. The summed E-state index contributed by atoms with van der Waals surface area (Å²) in [5.41, 5.74) is 0. The van der Waals surface area contributed by atoms with Crippen molar-refractivity contribution in [3.05, 3.63) is 5.01 Å². The SMILES string of the molecule is CCCN1CCC(Nc2nnc(C)s2)CC1. The molecule has 2 rings (SSSR count). The second-order valence-corrected chi connectivity index (χ2v) is 5.57. The first-order chi connectivity index (χ1) is 7.78. The molecule has 1 aliphatic heterocycles. The smallest absolute Gasteiger partial charge is 0.205 e. The number of aryl methyl sites for hydroxylation is 1. The Morgan fingerprint density at radius 2 is 2.12 bits per heavy atom. The van der Waals surface area contributed by atoms with Crippen molar-refractivity contribution in [2.24, 2.45) is 0 Å². The summed E-state index contributed by atoms with van der Waals surface area (Å²) >= 11 is 1.65. The van der Waals surface area contributed by atoms with Crippen LogP contribution in [0.4, 0.5) is 5.13 Å². The van der Waals surface area contributed by atoms with Crippen LogP contribution in [-0.2, 0) is 0 Å². The lowest BCUT2D eigenvalue weighted by atomic mass is 10.1. The van der Waals surface area contributed by atoms with Gasteiger partial charge in [0.2, 0.25) is 5.13 Å². The van der Waals surface area contributed by atoms with Crippen LogP contribution in [0.25, 0.3) is 0 Å². The van der Waals surface area contributed by atoms with Crippen molar-refractivity contribution in [2.45, 2.75) is 39.2 Å². The van der Waals surface area contributed by atoms with E-state index in [-0.39, 0.29) is 0 Å². The largest absolute Gasteiger partial charge is 0.357 e. The lowest BCUT2D eigenvalue weighted by Crippen LogP contribution is -2.39. The lowest BCUT2D eigenvalue weighted by Gasteiger charge is -2.31. The fraction of sp³-hybridized carbons (Fsp3) is 0.818. The molecule has 1 aliphatic rings. The van der Waals surface area contributed by atoms with E-state index in [1.807, 2.05) is 6.92 Å². The number of aromatic nitrogens is 2. The summed E-state index contributed by atoms with van der Waals surface area (Å²) in [7, 11) is 0. The van der Waals surface area contributed by atoms with Crippen molar-refractivity contribution in [3.8, 4) is 0 Å². The molecule has 1 N–H and O–H groups in total. The minimum Gasteiger partial charge on any atom is -0.357 e. The highest BCUT2D eigenvalue weighted by molar-refractivity contribution is 7.15. The molecule has 0 amide bonds. The van der Waals surface area contributed by atoms with Crippen molar-refractivity contribution < 1.29 is 0 Å². The number of rotatable bonds is 4. The Kier molecular flexibility index (Phi) is 4.12. The first kappa shape index (κ1) is 11.8. The highest BCUT2D eigenvalue weighted by Crippen LogP contribution is 2.19. The third kappa shape index (κ3) is 3.15. The zero-order valence-electron chi connectivity index (χ0n) is 10.1. The Morgan fingerprint density at radius 1 is 1.38 bits per heavy atom. The van der Waals surface area contributed by atoms with Gasteiger partial charge in [-0.2, -0.15) is 0 Å². The van der Waals surface area contributed by atoms with Gasteiger partial charge in [0.1, 0.15) is 5.01 Å². The number of hydrogen-bond donors (Lipinski definition) is 1. The average Bonchev–Trinajstić information content (AvgIpc) is 2.67. The zero-order valence-corrected chi connectivity index (χ0v) is 10.9. The van der Waals surface area contributed by atoms with Gasteiger partial charge in [-0.1, -0.05) is 18.3 Å². The van der Waals surface area contributed by atoms with Crippen LogP contribution in [0.5, 0.6) is 0 Å². The van der Waals surface area contributed by atoms with Gasteiger partial charge >= 0.3 is 0 Å². The van der Waals surface area contributed by atoms with E-state index in [4.69, 9.17) is 0 Å². The maximum Gasteiger partial charge on any atom is 0.205 e. The summed E-state index contributed by atoms with van der Waals surface area (Å²) in [6.45, 7) is 7.90. The van der Waals surface area contributed by atoms with Crippen LogP contribution in [0.3, 0.4) is 0 Å². The Morgan fingerprint density at radius 3 is 2.69 bits per heavy atom. The van der Waals surface area contributed by atoms with E-state index >= 15 is 0 Å². The maximum absolute atomic E-state index is 4.11. The predicted octanol–water partition coefficient (Wildman–Crippen LogP) is 2.13. The van der Waals surface area contributed by atoms with Crippen molar-refractivity contribution in [3.63, 3.8) is 0 Å². The molecule has 1 aromatic rings. The highest BCUT2D eigenvalue weighted by atomic mass is 32.1. The fourth-order valence-corrected chi connectivity index (χ4v) is 2.82. The monoisotopic (exact) mass is 240 g/mol. The molecule has 16 heavy (non-hydrogen) atoms. The molecular weight excluding hydrogens is 220 g/mol. The van der Waals surface area contributed by atoms with Crippen molar-refractivity contribution >= 4 is 16.5 Å². The van der Waals surface area contributed by atoms with Gasteiger partial charge in [-0.25, -0.2) is 0 Å². The fourth-order valence-electron chi connectivity index (χ4n) is 2.15. The molecule has 5 heteroatoms. The molecule has 0 aliphatic carbocycles. The molecule has 0 aromatic carbocycles. The van der Waals surface area contributed by atoms with Gasteiger partial charge in [-0.3, -0.25) is 0 Å². The Hall–Kier alpha value is -0.680. The van der Waals surface area contributed by atoms with Crippen molar-refractivity contribution in [1.82, 2.24) is 15.1 Å². The van der Waals surface area contributed by atoms with E-state index < -0.39 is 0 Å². The number of anilines is 1. The molecule has 2 heterocycles. The van der Waals surface area contributed by atoms with E-state index in [1.54, 1.807) is 11.3 Å². The van der Waals surface area contributed by atoms with Gasteiger partial charge < -0.3 is 10.2 Å². The Balaban J connectivity index is 1.77. The predicted molar refractivity (Wildman–Crippen MR) is 68.0 cm³/mol. The molecule has 4 nitrogen and oxygen atoms in total. The van der Waals surface area contributed by atoms with E-state index in [1.165, 1.54) is 38.9 Å². The standard InChI is InChI=1S/C11H20N4S/c1-3-6-15-7-4-10(5-8-15)12-11-14-13-9(2)16-11/h10H,3-8H2,1-2H3,(H,12,14). The summed E-state index contributed by atoms with van der Waals surface area (Å²) in [5, 5.41) is 13.6. The summed E-state index contributed by atoms with van der Waals surface area (Å²) in [6.07, 6.45) is 3.70. The molecule has 1 aromatic heterocycles. The van der Waals surface area contributed by atoms with Gasteiger partial charge in [-0.05, 0) is 32.7 Å². The van der Waals surface area contributed by atoms with E-state index in [2.05, 4.69) is 27.3 Å². The number of piperidine rings is 1. The second kappa shape index (κ2) is 5.59. The molecule has 0 atom stereocenters. The topological polar surface area (TPSA) is 41.0 Å². The molecule has 1 fully saturated rings. The van der Waals surface area contributed by atoms with E-state index in [0.717, 1.165) is 10.1 Å². The molecule has 0 radical (unpaired) electrons. The second-order valence-electron chi connectivity index (χ2n) is 4.39. The minimum atomic E-state index is 0.584. The van der Waals surface area contributed by atoms with Crippen LogP contribution in [0.1, 0.15) is 31.2 Å². The third-order valence-electron chi connectivity index (χ3n) is 2.98. The van der Waals surface area contributed by atoms with Crippen molar-refractivity contribution in [1.29, 1.82) is 0 Å². The van der Waals surface area contributed by atoms with Gasteiger partial charge in [0.25, 0.3) is 0 Å². The van der Waals surface area contributed by atoms with Gasteiger partial charge in [0.15, 0.2) is 0 Å². The summed E-state index contributed by atoms with van der Waals surface area (Å²) in [6, 6.07) is 0.584. The molecule has 0 unspecified atom stereocenters. The average molecular weight is 240 g/mol. The molecular formula is C11H20N4S. The van der Waals surface area contributed by atoms with Crippen LogP contribution in [0.2, 0.25) is 0 Å². The van der Waals surface area contributed by atoms with Crippen LogP contribution in [0.15, 0.2) is 0 Å². The Labute approximate surface area is 101 Å². The quantitative estimate of drug-likeness (QED) is 0.875. The first-order valence-electron chi connectivity index (χ1n) is 6.07. The van der Waals surface area contributed by atoms with E-state index in [9.17, 15) is 0 Å². The molecule has 1 saturated heterocycles. The number of nitrogens with zero attached hydrogens (tertiary/aromatic N) is 3. The van der Waals surface area contributed by atoms with E-state index in [0.29, 0.717) is 6.04 Å². The molecule has 0 bridgehead atoms. The molecule has 0 saturated carbocycles. The first-order valence-corrected chi connectivity index (χ1v) is 6.88. The molecule has 90 valence electrons. The molecule has 0 spiro atoms. The van der Waals surface area contributed by atoms with Crippen LogP contribution in [0, 0.1) is 6.92 Å². The summed E-state index contributed by atoms with van der Waals surface area (Å²) in [4.78, 5) is 2.55. The normalized spacial score (nSPS) is 18.9. The highest BCUT2D eigenvalue weighted by Gasteiger charge is 2.19. The van der Waals surface area contributed by atoms with Gasteiger partial charge in [0, 0.05) is 19.1 Å². The van der Waals surface area contributed by atoms with Crippen LogP contribution >= 0.6 is 11.3 Å². The van der Waals surface area contributed by atoms with Crippen LogP contribution < -0.4 is 5.32 Å².